The van der Waals surface area contributed by atoms with Crippen LogP contribution in [0.2, 0.25) is 11.4 Å². The predicted molar refractivity (Wildman–Crippen MR) is 104 cm³/mol. The second-order valence-corrected chi connectivity index (χ2v) is 12.0. The number of rotatable bonds is 5. The van der Waals surface area contributed by atoms with Gasteiger partial charge in [0.1, 0.15) is 0 Å². The Labute approximate surface area is 155 Å². The van der Waals surface area contributed by atoms with E-state index in [1.165, 1.54) is 12.0 Å². The van der Waals surface area contributed by atoms with Crippen molar-refractivity contribution < 1.29 is 9.53 Å². The van der Waals surface area contributed by atoms with Gasteiger partial charge in [-0.05, 0) is 0 Å². The summed E-state index contributed by atoms with van der Waals surface area (Å²) in [4.78, 5) is 14.8. The van der Waals surface area contributed by atoms with Crippen LogP contribution in [-0.4, -0.2) is 38.5 Å². The monoisotopic (exact) mass is 399 g/mol. The summed E-state index contributed by atoms with van der Waals surface area (Å²) in [7, 11) is 0. The van der Waals surface area contributed by atoms with Gasteiger partial charge in [0.2, 0.25) is 0 Å². The molecule has 0 bridgehead atoms. The fourth-order valence-electron chi connectivity index (χ4n) is 3.15. The van der Waals surface area contributed by atoms with Crippen LogP contribution in [0.15, 0.2) is 48.5 Å². The standard InChI is InChI=1S/C21H26AsNO2/c1-22(2)16-18-12-11-17(21(24)23-13-7-4-8-14-23)15-20(18)25-19-9-5-3-6-10-19/h3,5-6,9-12,15H,4,7-8,13-14,16H2,1-2H3. The van der Waals surface area contributed by atoms with E-state index < -0.39 is 14.7 Å². The summed E-state index contributed by atoms with van der Waals surface area (Å²) in [5.74, 6) is 1.78. The molecule has 0 unspecified atom stereocenters. The van der Waals surface area contributed by atoms with E-state index in [4.69, 9.17) is 4.74 Å². The van der Waals surface area contributed by atoms with Gasteiger partial charge in [-0.15, -0.1) is 0 Å². The van der Waals surface area contributed by atoms with Crippen molar-refractivity contribution in [3.05, 3.63) is 59.7 Å². The van der Waals surface area contributed by atoms with Crippen LogP contribution in [0.4, 0.5) is 0 Å². The van der Waals surface area contributed by atoms with Crippen molar-refractivity contribution >= 4 is 20.6 Å². The van der Waals surface area contributed by atoms with E-state index in [2.05, 4.69) is 17.5 Å². The van der Waals surface area contributed by atoms with Crippen molar-refractivity contribution in [1.82, 2.24) is 4.90 Å². The summed E-state index contributed by atoms with van der Waals surface area (Å²) in [5, 5.41) is 1.08. The number of amides is 1. The molecule has 1 heterocycles. The number of piperidine rings is 1. The van der Waals surface area contributed by atoms with Crippen LogP contribution >= 0.6 is 0 Å². The average molecular weight is 399 g/mol. The van der Waals surface area contributed by atoms with Gasteiger partial charge in [0.25, 0.3) is 0 Å². The molecular weight excluding hydrogens is 373 g/mol. The van der Waals surface area contributed by atoms with E-state index in [9.17, 15) is 4.79 Å². The van der Waals surface area contributed by atoms with E-state index >= 15 is 0 Å². The SMILES string of the molecule is C[As](C)Cc1ccc(C(=O)N2CCCCC2)cc1Oc1ccccc1. The molecule has 1 aliphatic rings. The van der Waals surface area contributed by atoms with Gasteiger partial charge in [-0.3, -0.25) is 0 Å². The summed E-state index contributed by atoms with van der Waals surface area (Å²) in [6.45, 7) is 1.74. The van der Waals surface area contributed by atoms with Crippen LogP contribution < -0.4 is 4.74 Å². The Morgan fingerprint density at radius 3 is 2.44 bits per heavy atom. The summed E-state index contributed by atoms with van der Waals surface area (Å²) >= 11 is -0.842. The van der Waals surface area contributed by atoms with Gasteiger partial charge in [-0.25, -0.2) is 0 Å². The quantitative estimate of drug-likeness (QED) is 0.667. The topological polar surface area (TPSA) is 29.5 Å². The number of para-hydroxylation sites is 1. The summed E-state index contributed by atoms with van der Waals surface area (Å²) in [6, 6.07) is 15.8. The third-order valence-corrected chi connectivity index (χ3v) is 6.46. The van der Waals surface area contributed by atoms with E-state index in [0.29, 0.717) is 0 Å². The number of benzene rings is 2. The number of likely N-dealkylation sites (tertiary alicyclic amines) is 1. The average Bonchev–Trinajstić information content (AvgIpc) is 2.64. The van der Waals surface area contributed by atoms with E-state index in [1.54, 1.807) is 0 Å². The van der Waals surface area contributed by atoms with Gasteiger partial charge >= 0.3 is 155 Å². The molecule has 3 nitrogen and oxygen atoms in total. The Kier molecular flexibility index (Phi) is 6.20. The zero-order valence-corrected chi connectivity index (χ0v) is 16.9. The molecule has 1 aliphatic heterocycles. The first-order chi connectivity index (χ1) is 12.1. The Morgan fingerprint density at radius 1 is 1.04 bits per heavy atom. The zero-order valence-electron chi connectivity index (χ0n) is 15.1. The number of hydrogen-bond acceptors (Lipinski definition) is 2. The van der Waals surface area contributed by atoms with Gasteiger partial charge < -0.3 is 0 Å². The Bertz CT molecular complexity index is 709. The first kappa shape index (κ1) is 18.1. The van der Waals surface area contributed by atoms with Crippen LogP contribution in [-0.2, 0) is 5.21 Å². The van der Waals surface area contributed by atoms with Crippen molar-refractivity contribution in [1.29, 1.82) is 0 Å². The van der Waals surface area contributed by atoms with Crippen molar-refractivity contribution in [3.63, 3.8) is 0 Å². The number of ether oxygens (including phenoxy) is 1. The molecular formula is C21H26AsNO2. The van der Waals surface area contributed by atoms with Gasteiger partial charge in [0.15, 0.2) is 0 Å². The molecule has 0 N–H and O–H groups in total. The summed E-state index contributed by atoms with van der Waals surface area (Å²) in [6.07, 6.45) is 3.44. The molecule has 1 fully saturated rings. The normalized spacial score (nSPS) is 14.6. The van der Waals surface area contributed by atoms with Crippen molar-refractivity contribution in [3.8, 4) is 11.5 Å². The van der Waals surface area contributed by atoms with Gasteiger partial charge in [0, 0.05) is 0 Å². The predicted octanol–water partition coefficient (Wildman–Crippen LogP) is 4.94. The molecule has 0 saturated carbocycles. The molecule has 25 heavy (non-hydrogen) atoms. The Hall–Kier alpha value is -1.73. The van der Waals surface area contributed by atoms with Crippen LogP contribution in [0.3, 0.4) is 0 Å². The maximum absolute atomic E-state index is 12.8. The molecule has 0 spiro atoms. The van der Waals surface area contributed by atoms with Gasteiger partial charge in [-0.2, -0.15) is 0 Å². The minimum absolute atomic E-state index is 0.131. The maximum atomic E-state index is 12.8. The third kappa shape index (κ3) is 4.89. The number of nitrogens with zero attached hydrogens (tertiary/aromatic N) is 1. The zero-order chi connectivity index (χ0) is 17.6. The molecule has 3 rings (SSSR count). The molecule has 0 atom stereocenters. The van der Waals surface area contributed by atoms with Gasteiger partial charge in [-0.1, -0.05) is 0 Å². The van der Waals surface area contributed by atoms with Gasteiger partial charge in [0.05, 0.1) is 0 Å². The van der Waals surface area contributed by atoms with Crippen LogP contribution in [0.1, 0.15) is 35.2 Å². The minimum atomic E-state index is -0.842. The molecule has 1 saturated heterocycles. The molecule has 0 aromatic heterocycles. The Balaban J connectivity index is 1.87. The first-order valence-electron chi connectivity index (χ1n) is 8.93. The van der Waals surface area contributed by atoms with Crippen LogP contribution in [0.5, 0.6) is 11.5 Å². The first-order valence-corrected chi connectivity index (χ1v) is 14.0. The van der Waals surface area contributed by atoms with Crippen molar-refractivity contribution in [2.45, 2.75) is 35.9 Å². The molecule has 4 heteroatoms. The van der Waals surface area contributed by atoms with Crippen LogP contribution in [0.25, 0.3) is 0 Å². The second-order valence-electron chi connectivity index (χ2n) is 6.83. The van der Waals surface area contributed by atoms with E-state index in [1.807, 2.05) is 47.4 Å². The fraction of sp³-hybridized carbons (Fsp3) is 0.381. The molecule has 0 aliphatic carbocycles. The summed E-state index contributed by atoms with van der Waals surface area (Å²) in [5.41, 5.74) is 6.63. The molecule has 1 amide bonds. The van der Waals surface area contributed by atoms with Crippen LogP contribution in [0, 0.1) is 0 Å². The molecule has 132 valence electrons. The molecule has 0 radical (unpaired) electrons. The van der Waals surface area contributed by atoms with E-state index in [-0.39, 0.29) is 5.91 Å². The number of hydrogen-bond donors (Lipinski definition) is 0. The fourth-order valence-corrected chi connectivity index (χ4v) is 5.13. The third-order valence-electron chi connectivity index (χ3n) is 4.41. The van der Waals surface area contributed by atoms with Crippen molar-refractivity contribution in [2.75, 3.05) is 13.1 Å². The number of carbonyl (C=O) groups is 1. The molecule has 2 aromatic rings. The second kappa shape index (κ2) is 8.58. The van der Waals surface area contributed by atoms with E-state index in [0.717, 1.165) is 48.2 Å². The molecule has 2 aromatic carbocycles. The Morgan fingerprint density at radius 2 is 1.76 bits per heavy atom. The van der Waals surface area contributed by atoms with Crippen molar-refractivity contribution in [2.24, 2.45) is 0 Å². The number of carbonyl (C=O) groups excluding carboxylic acids is 1. The summed E-state index contributed by atoms with van der Waals surface area (Å²) < 4.78 is 6.14.